The number of H-pyrrole nitrogens is 1. The fourth-order valence-corrected chi connectivity index (χ4v) is 5.18. The van der Waals surface area contributed by atoms with Crippen LogP contribution >= 0.6 is 43.6 Å². The van der Waals surface area contributed by atoms with E-state index in [1.54, 1.807) is 16.8 Å². The van der Waals surface area contributed by atoms with E-state index < -0.39 is 18.7 Å². The van der Waals surface area contributed by atoms with Gasteiger partial charge in [0, 0.05) is 19.8 Å². The predicted molar refractivity (Wildman–Crippen MR) is 133 cm³/mol. The van der Waals surface area contributed by atoms with Gasteiger partial charge in [0.2, 0.25) is 5.16 Å². The van der Waals surface area contributed by atoms with Crippen LogP contribution in [0.3, 0.4) is 0 Å². The number of rotatable bonds is 8. The molecule has 0 radical (unpaired) electrons. The second-order valence-electron chi connectivity index (χ2n) is 7.36. The Hall–Kier alpha value is -2.37. The number of anilines is 1. The van der Waals surface area contributed by atoms with Gasteiger partial charge in [0.1, 0.15) is 5.75 Å². The zero-order valence-corrected chi connectivity index (χ0v) is 21.6. The summed E-state index contributed by atoms with van der Waals surface area (Å²) >= 11 is 8.46. The molecule has 2 heterocycles. The zero-order valence-electron chi connectivity index (χ0n) is 17.6. The number of aromatic amines is 1. The third-order valence-electron chi connectivity index (χ3n) is 4.99. The highest BCUT2D eigenvalue weighted by Crippen LogP contribution is 2.37. The highest BCUT2D eigenvalue weighted by molar-refractivity contribution is 9.10. The number of hydrogen-bond donors (Lipinski definition) is 3. The van der Waals surface area contributed by atoms with E-state index in [1.807, 2.05) is 24.3 Å². The van der Waals surface area contributed by atoms with Crippen molar-refractivity contribution in [2.45, 2.75) is 31.1 Å². The van der Waals surface area contributed by atoms with Crippen LogP contribution in [0.15, 0.2) is 55.3 Å². The number of aliphatic carboxylic acids is 1. The van der Waals surface area contributed by atoms with Crippen molar-refractivity contribution < 1.29 is 19.3 Å². The Balaban J connectivity index is 1.88. The van der Waals surface area contributed by atoms with Crippen molar-refractivity contribution in [1.82, 2.24) is 10.1 Å². The van der Waals surface area contributed by atoms with E-state index in [0.29, 0.717) is 27.7 Å². The Bertz CT molecular complexity index is 1270. The normalized spacial score (nSPS) is 14.2. The van der Waals surface area contributed by atoms with E-state index in [9.17, 15) is 9.59 Å². The Labute approximate surface area is 211 Å². The quantitative estimate of drug-likeness (QED) is 0.198. The van der Waals surface area contributed by atoms with Crippen LogP contribution in [0.2, 0.25) is 0 Å². The number of nitrogens with one attached hydrogen (secondary N) is 2. The fourth-order valence-electron chi connectivity index (χ4n) is 3.50. The molecule has 0 amide bonds. The highest BCUT2D eigenvalue weighted by atomic mass is 79.9. The SMILES string of the molecule is CCCCSc1n[n+]2c(c(=O)[nH]1)-c1cc(Br)ccc1N[C@@H]2c1cc(Br)ccc1OCC(=O)O. The first kappa shape index (κ1) is 23.8. The van der Waals surface area contributed by atoms with Crippen molar-refractivity contribution in [3.8, 4) is 17.0 Å². The van der Waals surface area contributed by atoms with Crippen molar-refractivity contribution in [3.05, 3.63) is 61.3 Å². The Morgan fingerprint density at radius 1 is 1.24 bits per heavy atom. The summed E-state index contributed by atoms with van der Waals surface area (Å²) in [4.78, 5) is 27.3. The third kappa shape index (κ3) is 5.25. The predicted octanol–water partition coefficient (Wildman–Crippen LogP) is 4.58. The van der Waals surface area contributed by atoms with Crippen LogP contribution in [0.4, 0.5) is 5.69 Å². The second-order valence-corrected chi connectivity index (χ2v) is 10.3. The fraction of sp³-hybridized carbons (Fsp3) is 0.273. The number of ether oxygens (including phenoxy) is 1. The summed E-state index contributed by atoms with van der Waals surface area (Å²) in [7, 11) is 0. The lowest BCUT2D eigenvalue weighted by atomic mass is 10.0. The molecule has 3 aromatic rings. The molecule has 0 unspecified atom stereocenters. The molecule has 0 bridgehead atoms. The third-order valence-corrected chi connectivity index (χ3v) is 6.93. The summed E-state index contributed by atoms with van der Waals surface area (Å²) < 4.78 is 8.84. The molecule has 172 valence electrons. The van der Waals surface area contributed by atoms with Gasteiger partial charge in [0.05, 0.1) is 16.8 Å². The largest absolute Gasteiger partial charge is 0.481 e. The van der Waals surface area contributed by atoms with Gasteiger partial charge in [-0.25, -0.2) is 4.79 Å². The molecule has 8 nitrogen and oxygen atoms in total. The average molecular weight is 597 g/mol. The standard InChI is InChI=1S/C22H20Br2N4O4S/c1-2-3-8-33-22-26-21(31)19-14-9-12(23)4-6-16(14)25-20(28(19)27-22)15-10-13(24)5-7-17(15)32-11-18(29)30/h4-7,9-10,20H,2-3,8,11H2,1H3,(H2,26,27,29,30,31)/p+1/t20-/m0/s1. The van der Waals surface area contributed by atoms with Gasteiger partial charge in [0.25, 0.3) is 6.17 Å². The molecule has 1 aliphatic rings. The van der Waals surface area contributed by atoms with E-state index in [-0.39, 0.29) is 5.56 Å². The number of hydrogen-bond acceptors (Lipinski definition) is 6. The second kappa shape index (κ2) is 10.3. The topological polar surface area (TPSA) is 108 Å². The summed E-state index contributed by atoms with van der Waals surface area (Å²) in [6.07, 6.45) is 1.46. The minimum absolute atomic E-state index is 0.252. The Kier molecular flexibility index (Phi) is 7.40. The molecule has 0 aliphatic carbocycles. The van der Waals surface area contributed by atoms with Crippen LogP contribution in [-0.2, 0) is 4.79 Å². The van der Waals surface area contributed by atoms with Crippen molar-refractivity contribution >= 4 is 55.3 Å². The molecule has 33 heavy (non-hydrogen) atoms. The molecule has 4 rings (SSSR count). The van der Waals surface area contributed by atoms with E-state index in [2.05, 4.69) is 49.1 Å². The summed E-state index contributed by atoms with van der Waals surface area (Å²) in [6.45, 7) is 1.63. The van der Waals surface area contributed by atoms with Crippen molar-refractivity contribution in [3.63, 3.8) is 0 Å². The van der Waals surface area contributed by atoms with E-state index in [1.165, 1.54) is 11.8 Å². The van der Waals surface area contributed by atoms with Gasteiger partial charge in [-0.1, -0.05) is 57.0 Å². The first-order chi connectivity index (χ1) is 15.9. The molecule has 3 N–H and O–H groups in total. The first-order valence-corrected chi connectivity index (χ1v) is 12.8. The summed E-state index contributed by atoms with van der Waals surface area (Å²) in [5.74, 6) is 0.148. The van der Waals surface area contributed by atoms with Crippen molar-refractivity contribution in [1.29, 1.82) is 0 Å². The van der Waals surface area contributed by atoms with Gasteiger partial charge in [-0.15, -0.1) is 0 Å². The number of benzene rings is 2. The van der Waals surface area contributed by atoms with E-state index >= 15 is 0 Å². The molecule has 0 spiro atoms. The molecule has 0 saturated carbocycles. The first-order valence-electron chi connectivity index (χ1n) is 10.3. The number of halogens is 2. The summed E-state index contributed by atoms with van der Waals surface area (Å²) in [5, 5.41) is 17.8. The number of nitrogens with zero attached hydrogens (tertiary/aromatic N) is 2. The number of thioether (sulfide) groups is 1. The average Bonchev–Trinajstić information content (AvgIpc) is 2.77. The Morgan fingerprint density at radius 2 is 2.00 bits per heavy atom. The van der Waals surface area contributed by atoms with Gasteiger partial charge in [-0.05, 0) is 47.5 Å². The van der Waals surface area contributed by atoms with Gasteiger partial charge in [-0.2, -0.15) is 0 Å². The van der Waals surface area contributed by atoms with Crippen LogP contribution in [0.25, 0.3) is 11.3 Å². The van der Waals surface area contributed by atoms with Crippen molar-refractivity contribution in [2.75, 3.05) is 17.7 Å². The van der Waals surface area contributed by atoms with Gasteiger partial charge in [-0.3, -0.25) is 9.78 Å². The van der Waals surface area contributed by atoms with Gasteiger partial charge < -0.3 is 15.2 Å². The lowest BCUT2D eigenvalue weighted by Gasteiger charge is -2.24. The molecule has 2 aromatic carbocycles. The monoisotopic (exact) mass is 595 g/mol. The maximum absolute atomic E-state index is 13.2. The molecular formula is C22H21Br2N4O4S+. The van der Waals surface area contributed by atoms with Gasteiger partial charge >= 0.3 is 17.2 Å². The minimum atomic E-state index is -1.08. The van der Waals surface area contributed by atoms with Crippen molar-refractivity contribution in [2.24, 2.45) is 0 Å². The maximum atomic E-state index is 13.2. The number of aromatic nitrogens is 3. The lowest BCUT2D eigenvalue weighted by molar-refractivity contribution is -0.759. The van der Waals surface area contributed by atoms with E-state index in [0.717, 1.165) is 33.2 Å². The molecule has 1 aliphatic heterocycles. The Morgan fingerprint density at radius 3 is 2.76 bits per heavy atom. The number of carbonyl (C=O) groups is 1. The molecule has 1 atom stereocenters. The number of carboxylic acid groups (broad SMARTS) is 1. The van der Waals surface area contributed by atoms with Crippen LogP contribution in [0.1, 0.15) is 31.5 Å². The maximum Gasteiger partial charge on any atom is 0.341 e. The van der Waals surface area contributed by atoms with Crippen LogP contribution in [0.5, 0.6) is 5.75 Å². The van der Waals surface area contributed by atoms with Gasteiger partial charge in [0.15, 0.2) is 6.61 Å². The van der Waals surface area contributed by atoms with E-state index in [4.69, 9.17) is 14.9 Å². The number of carboxylic acids is 1. The van der Waals surface area contributed by atoms with Crippen LogP contribution in [0, 0.1) is 0 Å². The molecule has 1 aromatic heterocycles. The number of unbranched alkanes of at least 4 members (excludes halogenated alkanes) is 1. The lowest BCUT2D eigenvalue weighted by Crippen LogP contribution is -2.55. The minimum Gasteiger partial charge on any atom is -0.481 e. The molecule has 11 heteroatoms. The van der Waals surface area contributed by atoms with Crippen LogP contribution < -0.4 is 20.3 Å². The number of fused-ring (bicyclic) bond motifs is 3. The zero-order chi connectivity index (χ0) is 23.5. The molecule has 0 saturated heterocycles. The summed E-state index contributed by atoms with van der Waals surface area (Å²) in [6, 6.07) is 11.0. The smallest absolute Gasteiger partial charge is 0.341 e. The van der Waals surface area contributed by atoms with Crippen LogP contribution in [-0.4, -0.2) is 33.5 Å². The molecular weight excluding hydrogens is 576 g/mol. The highest BCUT2D eigenvalue weighted by Gasteiger charge is 2.39. The molecule has 0 fully saturated rings. The summed E-state index contributed by atoms with van der Waals surface area (Å²) in [5.41, 5.74) is 2.26.